The van der Waals surface area contributed by atoms with Crippen molar-refractivity contribution in [2.24, 2.45) is 0 Å². The van der Waals surface area contributed by atoms with E-state index in [1.807, 2.05) is 30.3 Å². The Morgan fingerprint density at radius 2 is 1.56 bits per heavy atom. The van der Waals surface area contributed by atoms with Crippen molar-refractivity contribution in [1.29, 1.82) is 0 Å². The van der Waals surface area contributed by atoms with Crippen LogP contribution in [0.15, 0.2) is 55.1 Å². The maximum Gasteiger partial charge on any atom is 0.115 e. The summed E-state index contributed by atoms with van der Waals surface area (Å²) in [6.45, 7) is 0.633. The molecule has 0 aliphatic rings. The van der Waals surface area contributed by atoms with Crippen LogP contribution in [-0.4, -0.2) is 29.4 Å². The number of hydrogen-bond acceptors (Lipinski definition) is 5. The predicted octanol–water partition coefficient (Wildman–Crippen LogP) is 2.09. The highest BCUT2D eigenvalue weighted by Crippen LogP contribution is 2.03. The predicted molar refractivity (Wildman–Crippen MR) is 68.0 cm³/mol. The smallest absolute Gasteiger partial charge is 0.115 e. The molecule has 0 unspecified atom stereocenters. The van der Waals surface area contributed by atoms with E-state index in [1.54, 1.807) is 32.7 Å². The number of rotatable bonds is 4. The number of hydroxylamine groups is 2. The minimum Gasteiger partial charge on any atom is -0.277 e. The second-order valence-electron chi connectivity index (χ2n) is 3.25. The molecule has 5 heteroatoms. The zero-order chi connectivity index (χ0) is 13.1. The summed E-state index contributed by atoms with van der Waals surface area (Å²) in [5.74, 6) is 0. The van der Waals surface area contributed by atoms with Crippen LogP contribution in [0.25, 0.3) is 0 Å². The number of benzene rings is 1. The molecule has 2 rings (SSSR count). The summed E-state index contributed by atoms with van der Waals surface area (Å²) in [6, 6.07) is 11.8. The molecule has 1 heterocycles. The fourth-order valence-electron chi connectivity index (χ4n) is 1.19. The Bertz CT molecular complexity index is 367. The van der Waals surface area contributed by atoms with Crippen LogP contribution in [0.5, 0.6) is 0 Å². The van der Waals surface area contributed by atoms with Crippen LogP contribution < -0.4 is 0 Å². The van der Waals surface area contributed by atoms with Gasteiger partial charge >= 0.3 is 0 Å². The lowest BCUT2D eigenvalue weighted by Crippen LogP contribution is -2.20. The molecule has 0 saturated heterocycles. The Morgan fingerprint density at radius 1 is 0.944 bits per heavy atom. The lowest BCUT2D eigenvalue weighted by Gasteiger charge is -2.15. The van der Waals surface area contributed by atoms with E-state index in [2.05, 4.69) is 9.97 Å². The third-order valence-electron chi connectivity index (χ3n) is 2.04. The van der Waals surface area contributed by atoms with Crippen LogP contribution in [0.2, 0.25) is 0 Å². The lowest BCUT2D eigenvalue weighted by atomic mass is 10.2. The lowest BCUT2D eigenvalue weighted by molar-refractivity contribution is -0.349. The minimum absolute atomic E-state index is 0.633. The maximum atomic E-state index is 4.91. The van der Waals surface area contributed by atoms with Crippen LogP contribution in [0, 0.1) is 0 Å². The molecule has 0 N–H and O–H groups in total. The summed E-state index contributed by atoms with van der Waals surface area (Å²) in [5.41, 5.74) is 1.15. The Hall–Kier alpha value is -1.82. The molecule has 5 nitrogen and oxygen atoms in total. The van der Waals surface area contributed by atoms with Gasteiger partial charge in [-0.2, -0.15) is 0 Å². The second-order valence-corrected chi connectivity index (χ2v) is 3.25. The molecule has 0 bridgehead atoms. The molecule has 1 aromatic carbocycles. The molecule has 0 saturated carbocycles. The van der Waals surface area contributed by atoms with E-state index < -0.39 is 0 Å². The number of nitrogens with zero attached hydrogens (tertiary/aromatic N) is 3. The van der Waals surface area contributed by atoms with Crippen LogP contribution >= 0.6 is 0 Å². The molecule has 0 spiro atoms. The molecule has 0 fully saturated rings. The zero-order valence-electron chi connectivity index (χ0n) is 10.6. The molecule has 0 aliphatic carbocycles. The van der Waals surface area contributed by atoms with E-state index in [-0.39, 0.29) is 0 Å². The molecule has 0 aliphatic heterocycles. The molecule has 18 heavy (non-hydrogen) atoms. The topological polar surface area (TPSA) is 47.5 Å². The summed E-state index contributed by atoms with van der Waals surface area (Å²) in [7, 11) is 3.15. The first-order valence-electron chi connectivity index (χ1n) is 5.46. The zero-order valence-corrected chi connectivity index (χ0v) is 10.6. The second kappa shape index (κ2) is 9.23. The van der Waals surface area contributed by atoms with Crippen molar-refractivity contribution in [2.45, 2.75) is 6.54 Å². The average Bonchev–Trinajstić information content (AvgIpc) is 2.48. The molecule has 0 amide bonds. The first-order chi connectivity index (χ1) is 8.86. The van der Waals surface area contributed by atoms with E-state index in [9.17, 15) is 0 Å². The fraction of sp³-hybridized carbons (Fsp3) is 0.231. The summed E-state index contributed by atoms with van der Waals surface area (Å²) in [5, 5.41) is 1.41. The Balaban J connectivity index is 0.000000225. The largest absolute Gasteiger partial charge is 0.277 e. The van der Waals surface area contributed by atoms with Crippen LogP contribution in [0.1, 0.15) is 5.56 Å². The van der Waals surface area contributed by atoms with Crippen molar-refractivity contribution in [3.05, 3.63) is 60.7 Å². The summed E-state index contributed by atoms with van der Waals surface area (Å²) >= 11 is 0. The SMILES string of the molecule is CON(Cc1ccccc1)OC.c1cncnc1. The molecular weight excluding hydrogens is 230 g/mol. The van der Waals surface area contributed by atoms with Crippen LogP contribution in [0.4, 0.5) is 0 Å². The van der Waals surface area contributed by atoms with Gasteiger partial charge in [0.25, 0.3) is 0 Å². The van der Waals surface area contributed by atoms with Gasteiger partial charge in [-0.1, -0.05) is 35.6 Å². The quantitative estimate of drug-likeness (QED) is 0.774. The third kappa shape index (κ3) is 6.05. The maximum absolute atomic E-state index is 4.91. The summed E-state index contributed by atoms with van der Waals surface area (Å²) in [4.78, 5) is 17.2. The monoisotopic (exact) mass is 247 g/mol. The first-order valence-corrected chi connectivity index (χ1v) is 5.46. The fourth-order valence-corrected chi connectivity index (χ4v) is 1.19. The highest BCUT2D eigenvalue weighted by atomic mass is 16.9. The summed E-state index contributed by atoms with van der Waals surface area (Å²) < 4.78 is 0. The molecule has 96 valence electrons. The molecule has 0 atom stereocenters. The van der Waals surface area contributed by atoms with Gasteiger partial charge in [-0.05, 0) is 11.6 Å². The van der Waals surface area contributed by atoms with Gasteiger partial charge in [0.15, 0.2) is 0 Å². The summed E-state index contributed by atoms with van der Waals surface area (Å²) in [6.07, 6.45) is 4.88. The van der Waals surface area contributed by atoms with Crippen LogP contribution in [-0.2, 0) is 16.2 Å². The average molecular weight is 247 g/mol. The van der Waals surface area contributed by atoms with Crippen molar-refractivity contribution in [1.82, 2.24) is 15.2 Å². The van der Waals surface area contributed by atoms with Gasteiger partial charge in [0.1, 0.15) is 6.33 Å². The van der Waals surface area contributed by atoms with Crippen molar-refractivity contribution >= 4 is 0 Å². The minimum atomic E-state index is 0.633. The Kier molecular flexibility index (Phi) is 7.31. The Morgan fingerprint density at radius 3 is 1.94 bits per heavy atom. The van der Waals surface area contributed by atoms with Gasteiger partial charge in [0.2, 0.25) is 0 Å². The molecule has 0 radical (unpaired) electrons. The van der Waals surface area contributed by atoms with Gasteiger partial charge in [0, 0.05) is 12.4 Å². The van der Waals surface area contributed by atoms with Crippen molar-refractivity contribution in [3.63, 3.8) is 0 Å². The molecule has 1 aromatic heterocycles. The van der Waals surface area contributed by atoms with Crippen molar-refractivity contribution in [3.8, 4) is 0 Å². The highest BCUT2D eigenvalue weighted by molar-refractivity contribution is 5.13. The standard InChI is InChI=1S/C9H13NO2.C4H4N2/c1-11-10(12-2)8-9-6-4-3-5-7-9;1-2-5-4-6-3-1/h3-7H,8H2,1-2H3;1-4H. The van der Waals surface area contributed by atoms with Gasteiger partial charge in [-0.25, -0.2) is 9.97 Å². The molecule has 2 aromatic rings. The van der Waals surface area contributed by atoms with Crippen molar-refractivity contribution in [2.75, 3.05) is 14.2 Å². The van der Waals surface area contributed by atoms with E-state index in [0.717, 1.165) is 5.56 Å². The normalized spacial score (nSPS) is 9.72. The highest BCUT2D eigenvalue weighted by Gasteiger charge is 2.01. The van der Waals surface area contributed by atoms with Gasteiger partial charge in [0.05, 0.1) is 20.8 Å². The molecular formula is C13H17N3O2. The van der Waals surface area contributed by atoms with E-state index in [4.69, 9.17) is 9.68 Å². The first kappa shape index (κ1) is 14.2. The van der Waals surface area contributed by atoms with E-state index >= 15 is 0 Å². The van der Waals surface area contributed by atoms with Gasteiger partial charge < -0.3 is 0 Å². The van der Waals surface area contributed by atoms with Gasteiger partial charge in [-0.15, -0.1) is 0 Å². The Labute approximate surface area is 107 Å². The van der Waals surface area contributed by atoms with Gasteiger partial charge in [-0.3, -0.25) is 9.68 Å². The number of hydrogen-bond donors (Lipinski definition) is 0. The van der Waals surface area contributed by atoms with Crippen molar-refractivity contribution < 1.29 is 9.68 Å². The van der Waals surface area contributed by atoms with E-state index in [1.165, 1.54) is 11.6 Å². The van der Waals surface area contributed by atoms with Crippen LogP contribution in [0.3, 0.4) is 0 Å². The third-order valence-corrected chi connectivity index (χ3v) is 2.04. The number of aromatic nitrogens is 2. The van der Waals surface area contributed by atoms with E-state index in [0.29, 0.717) is 6.54 Å².